The zero-order valence-electron chi connectivity index (χ0n) is 53.6. The Morgan fingerprint density at radius 1 is 0.514 bits per heavy atom. The number of hydrogen-bond acceptors (Lipinski definition) is 11. The molecule has 0 fully saturated rings. The third-order valence-electron chi connectivity index (χ3n) is 15.3. The minimum absolute atomic E-state index is 0. The van der Waals surface area contributed by atoms with Crippen molar-refractivity contribution in [1.82, 2.24) is 29.8 Å². The quantitative estimate of drug-likeness (QED) is 0.0429. The number of aromatic amines is 1. The monoisotopic (exact) mass is 1900 g/mol. The number of methoxy groups -OCH3 is 4. The third kappa shape index (κ3) is 20.2. The Morgan fingerprint density at radius 3 is 1.27 bits per heavy atom. The molecule has 0 spiro atoms. The summed E-state index contributed by atoms with van der Waals surface area (Å²) in [5, 5.41) is 35.4. The van der Waals surface area contributed by atoms with Crippen LogP contribution >= 0.6 is 111 Å². The zero-order chi connectivity index (χ0) is 74.8. The molecule has 3 N–H and O–H groups in total. The van der Waals surface area contributed by atoms with E-state index in [1.165, 1.54) is 77.0 Å². The highest BCUT2D eigenvalue weighted by Crippen LogP contribution is 2.41. The van der Waals surface area contributed by atoms with E-state index < -0.39 is 75.9 Å². The molecule has 0 atom stereocenters. The number of carbonyl (C=O) groups is 3. The third-order valence-corrected chi connectivity index (χ3v) is 18.1. The summed E-state index contributed by atoms with van der Waals surface area (Å²) < 4.78 is 151. The van der Waals surface area contributed by atoms with E-state index in [0.717, 1.165) is 55.5 Å². The van der Waals surface area contributed by atoms with Crippen LogP contribution in [0.3, 0.4) is 0 Å². The molecule has 3 aromatic heterocycles. The standard InChI is InChI=1S/C24H19BrF2N2O3.C22H15BrF2N2O3.C16H12F2N2O3.C8H5Br2F3.3CH4.BBr3/c1-13-6-4-7-17(25)16(13)12-29-20-9-5-8-18(26)22(20)23(28-29)14-11-21(31-2)15(10-19(14)27)24(30)32-3;1-11-4-2-5-15(23)14(11)10-27-18-7-3-6-16(24)20(18)21(26-27)12-9-19(28)13(22(29)30)8-17(12)25;1-22-13-7-8(11(18)6-9(13)16(21)23-2)15-14-10(17)4-3-5-12(14)19-20-15;9-4-5-6(8(11,12)13)2-1-3-7(5)10;;;;2-1(3)4/h4-11H,12H2,1-3H3;2-9,28H,10H2,1H3,(H,29,30);3-7H,1-2H3,(H,19,20);1-3H,4H2;3*1H4;. The molecular formula is C73H63BBr7F9N6O9. The molecule has 105 heavy (non-hydrogen) atoms. The number of halogens is 16. The van der Waals surface area contributed by atoms with Gasteiger partial charge in [-0.15, -0.1) is 47.3 Å². The second kappa shape index (κ2) is 38.5. The van der Waals surface area contributed by atoms with Crippen molar-refractivity contribution in [3.63, 3.8) is 0 Å². The van der Waals surface area contributed by atoms with Crippen LogP contribution in [0.1, 0.15) is 86.7 Å². The molecule has 12 rings (SSSR count). The lowest BCUT2D eigenvalue weighted by atomic mass is 10.0. The summed E-state index contributed by atoms with van der Waals surface area (Å²) >= 11 is 22.5. The summed E-state index contributed by atoms with van der Waals surface area (Å²) in [6.45, 7) is 4.57. The number of aryl methyl sites for hydroxylation is 2. The lowest BCUT2D eigenvalue weighted by Crippen LogP contribution is -2.08. The Labute approximate surface area is 656 Å². The average molecular weight is 1910 g/mol. The number of rotatable bonds is 13. The number of carbonyl (C=O) groups excluding carboxylic acids is 2. The normalized spacial score (nSPS) is 10.6. The highest BCUT2D eigenvalue weighted by atomic mass is 79.9. The van der Waals surface area contributed by atoms with Gasteiger partial charge in [-0.2, -0.15) is 28.5 Å². The molecule has 0 saturated heterocycles. The van der Waals surface area contributed by atoms with Crippen molar-refractivity contribution in [3.05, 3.63) is 244 Å². The minimum atomic E-state index is -4.28. The van der Waals surface area contributed by atoms with Gasteiger partial charge < -0.3 is 29.2 Å². The van der Waals surface area contributed by atoms with Crippen LogP contribution < -0.4 is 9.47 Å². The maximum absolute atomic E-state index is 15.1. The lowest BCUT2D eigenvalue weighted by molar-refractivity contribution is -0.138. The van der Waals surface area contributed by atoms with E-state index in [-0.39, 0.29) is 109 Å². The van der Waals surface area contributed by atoms with Gasteiger partial charge in [0.15, 0.2) is 0 Å². The van der Waals surface area contributed by atoms with Crippen LogP contribution in [0.15, 0.2) is 159 Å². The Kier molecular flexibility index (Phi) is 32.1. The van der Waals surface area contributed by atoms with Gasteiger partial charge in [0.1, 0.15) is 85.9 Å². The molecule has 9 aromatic carbocycles. The van der Waals surface area contributed by atoms with Crippen molar-refractivity contribution in [2.24, 2.45) is 0 Å². The molecule has 0 unspecified atom stereocenters. The first kappa shape index (κ1) is 87.6. The summed E-state index contributed by atoms with van der Waals surface area (Å²) in [7, 11) is 5.08. The van der Waals surface area contributed by atoms with Crippen molar-refractivity contribution in [3.8, 4) is 51.0 Å². The van der Waals surface area contributed by atoms with Crippen molar-refractivity contribution in [2.45, 2.75) is 60.7 Å². The van der Waals surface area contributed by atoms with Crippen LogP contribution in [0, 0.1) is 48.8 Å². The SMILES string of the molecule is BrB(Br)Br.C.C.C.COC(=O)c1cc(F)c(-c2n[nH]c3cccc(F)c23)cc1OC.COC(=O)c1cc(F)c(-c2nn(Cc3c(C)cccc3Br)c3cccc(F)c23)cc1OC.Cc1cccc(Br)c1Cn1nc(-c2cc(O)c(C(=O)O)cc2F)c2c(F)cccc21.FC(F)(F)c1cccc(Br)c1CBr. The largest absolute Gasteiger partial charge is 0.507 e. The minimum Gasteiger partial charge on any atom is -0.507 e. The number of hydrogen-bond donors (Lipinski definition) is 3. The fourth-order valence-electron chi connectivity index (χ4n) is 10.5. The molecule has 554 valence electrons. The molecule has 0 radical (unpaired) electrons. The predicted octanol–water partition coefficient (Wildman–Crippen LogP) is 23.1. The number of phenols is 1. The van der Waals surface area contributed by atoms with Crippen LogP contribution in [0.4, 0.5) is 39.5 Å². The molecule has 0 aliphatic carbocycles. The Balaban J connectivity index is 0.000000253. The molecule has 0 saturated carbocycles. The van der Waals surface area contributed by atoms with Gasteiger partial charge in [-0.1, -0.05) is 135 Å². The smallest absolute Gasteiger partial charge is 0.416 e. The number of carboxylic acids is 1. The summed E-state index contributed by atoms with van der Waals surface area (Å²) in [5.74, 6) is -7.39. The van der Waals surface area contributed by atoms with Gasteiger partial charge in [-0.25, -0.2) is 40.7 Å². The Hall–Kier alpha value is -8.01. The van der Waals surface area contributed by atoms with Crippen molar-refractivity contribution in [1.29, 1.82) is 0 Å². The predicted molar refractivity (Wildman–Crippen MR) is 416 cm³/mol. The van der Waals surface area contributed by atoms with E-state index in [1.54, 1.807) is 39.7 Å². The summed E-state index contributed by atoms with van der Waals surface area (Å²) in [4.78, 5) is 34.8. The molecule has 0 amide bonds. The number of esters is 2. The summed E-state index contributed by atoms with van der Waals surface area (Å²) in [6, 6.07) is 35.4. The number of alkyl halides is 4. The number of nitrogens with zero attached hydrogens (tertiary/aromatic N) is 5. The first-order chi connectivity index (χ1) is 48.4. The summed E-state index contributed by atoms with van der Waals surface area (Å²) in [5.41, 5.74) is 4.35. The second-order valence-corrected chi connectivity index (χ2v) is 31.0. The molecule has 0 bridgehead atoms. The van der Waals surface area contributed by atoms with Gasteiger partial charge in [0.05, 0.1) is 79.8 Å². The molecule has 12 aromatic rings. The van der Waals surface area contributed by atoms with E-state index in [2.05, 4.69) is 136 Å². The van der Waals surface area contributed by atoms with E-state index >= 15 is 4.39 Å². The van der Waals surface area contributed by atoms with Crippen LogP contribution in [-0.4, -0.2) is 89.5 Å². The van der Waals surface area contributed by atoms with Crippen LogP contribution in [-0.2, 0) is 34.1 Å². The first-order valence-electron chi connectivity index (χ1n) is 29.3. The maximum Gasteiger partial charge on any atom is 0.416 e. The molecule has 32 heteroatoms. The highest BCUT2D eigenvalue weighted by molar-refractivity contribution is 9.69. The topological polar surface area (TPSA) is 193 Å². The number of benzene rings is 9. The average Bonchev–Trinajstić information content (AvgIpc) is 1.63. The number of ether oxygens (including phenoxy) is 4. The number of nitrogens with one attached hydrogen (secondary N) is 1. The van der Waals surface area contributed by atoms with Crippen LogP contribution in [0.25, 0.3) is 66.5 Å². The van der Waals surface area contributed by atoms with Crippen LogP contribution in [0.2, 0.25) is 0 Å². The number of carboxylic acid groups (broad SMARTS) is 1. The number of aromatic hydroxyl groups is 1. The Bertz CT molecular complexity index is 5100. The summed E-state index contributed by atoms with van der Waals surface area (Å²) in [6.07, 6.45) is -4.28. The van der Waals surface area contributed by atoms with E-state index in [1.807, 2.05) is 50.2 Å². The molecule has 3 heterocycles. The fourth-order valence-corrected chi connectivity index (χ4v) is 13.1. The van der Waals surface area contributed by atoms with Gasteiger partial charge in [-0.05, 0) is 139 Å². The maximum atomic E-state index is 15.1. The number of H-pyrrole nitrogens is 1. The van der Waals surface area contributed by atoms with Crippen molar-refractivity contribution < 1.29 is 83.1 Å². The Morgan fingerprint density at radius 2 is 0.886 bits per heavy atom. The van der Waals surface area contributed by atoms with Gasteiger partial charge >= 0.3 is 27.3 Å². The number of fused-ring (bicyclic) bond motifs is 3. The van der Waals surface area contributed by atoms with Gasteiger partial charge in [0.2, 0.25) is 0 Å². The van der Waals surface area contributed by atoms with E-state index in [9.17, 15) is 54.6 Å². The van der Waals surface area contributed by atoms with E-state index in [0.29, 0.717) is 40.2 Å². The first-order valence-corrected chi connectivity index (χ1v) is 35.6. The zero-order valence-corrected chi connectivity index (χ0v) is 64.7. The number of aromatic nitrogens is 6. The van der Waals surface area contributed by atoms with E-state index in [4.69, 9.17) is 19.3 Å². The van der Waals surface area contributed by atoms with Crippen LogP contribution in [0.5, 0.6) is 17.2 Å². The van der Waals surface area contributed by atoms with Crippen molar-refractivity contribution in [2.75, 3.05) is 28.4 Å². The molecule has 15 nitrogen and oxygen atoms in total. The van der Waals surface area contributed by atoms with Gasteiger partial charge in [0, 0.05) is 35.4 Å². The molecule has 0 aliphatic rings. The molecule has 0 aliphatic heterocycles. The fraction of sp³-hybridized carbons (Fsp3) is 0.178. The second-order valence-electron chi connectivity index (χ2n) is 21.4. The van der Waals surface area contributed by atoms with Gasteiger partial charge in [0.25, 0.3) is 0 Å². The number of aromatic carboxylic acids is 1. The molecular weight excluding hydrogens is 1850 g/mol. The van der Waals surface area contributed by atoms with Crippen molar-refractivity contribution >= 4 is 165 Å². The van der Waals surface area contributed by atoms with Gasteiger partial charge in [-0.3, -0.25) is 14.5 Å². The lowest BCUT2D eigenvalue weighted by Gasteiger charge is -2.11. The highest BCUT2D eigenvalue weighted by Gasteiger charge is 2.34.